The second-order valence-electron chi connectivity index (χ2n) is 20.2. The van der Waals surface area contributed by atoms with Crippen molar-refractivity contribution in [2.45, 2.75) is 142 Å². The third-order valence-electron chi connectivity index (χ3n) is 11.4. The van der Waals surface area contributed by atoms with Crippen LogP contribution in [0.1, 0.15) is 141 Å². The number of rotatable bonds is 5. The topological polar surface area (TPSA) is 105 Å². The third kappa shape index (κ3) is 9.52. The fraction of sp³-hybridized carbons (Fsp3) is 0.609. The summed E-state index contributed by atoms with van der Waals surface area (Å²) in [6.45, 7) is 27.3. The molecule has 2 aliphatic heterocycles. The number of hydrogen-bond donors (Lipinski definition) is 3. The average molecular weight is 821 g/mol. The Morgan fingerprint density at radius 3 is 1.32 bits per heavy atom. The quantitative estimate of drug-likeness (QED) is 0.183. The molecule has 0 aliphatic carbocycles. The molecule has 4 heterocycles. The van der Waals surface area contributed by atoms with E-state index in [1.165, 1.54) is 0 Å². The van der Waals surface area contributed by atoms with E-state index in [-0.39, 0.29) is 32.7 Å². The number of phenols is 2. The van der Waals surface area contributed by atoms with Crippen molar-refractivity contribution in [2.24, 2.45) is 5.73 Å². The molecule has 2 fully saturated rings. The van der Waals surface area contributed by atoms with Gasteiger partial charge in [-0.3, -0.25) is 4.90 Å². The molecule has 2 saturated heterocycles. The summed E-state index contributed by atoms with van der Waals surface area (Å²) < 4.78 is 5.63. The molecule has 0 radical (unpaired) electrons. The number of ether oxygens (including phenoxy) is 1. The van der Waals surface area contributed by atoms with E-state index in [1.807, 2.05) is 11.8 Å². The highest BCUT2D eigenvalue weighted by molar-refractivity contribution is 7.99. The molecule has 0 bridgehead atoms. The number of thiazole rings is 2. The maximum atomic E-state index is 11.0. The minimum absolute atomic E-state index is 0.0577. The van der Waals surface area contributed by atoms with Crippen molar-refractivity contribution in [3.8, 4) is 34.0 Å². The van der Waals surface area contributed by atoms with Crippen LogP contribution in [0.5, 0.6) is 11.5 Å². The van der Waals surface area contributed by atoms with Gasteiger partial charge in [0, 0.05) is 57.4 Å². The normalized spacial score (nSPS) is 17.8. The van der Waals surface area contributed by atoms with Crippen LogP contribution in [0.3, 0.4) is 0 Å². The highest BCUT2D eigenvalue weighted by Crippen LogP contribution is 2.46. The molecule has 0 saturated carbocycles. The van der Waals surface area contributed by atoms with E-state index in [0.29, 0.717) is 11.5 Å². The molecule has 4 aromatic rings. The Hall–Kier alpha value is -2.47. The third-order valence-corrected chi connectivity index (χ3v) is 14.5. The lowest BCUT2D eigenvalue weighted by molar-refractivity contribution is -0.0106. The second-order valence-corrected chi connectivity index (χ2v) is 23.2. The number of nitrogens with two attached hydrogens (primary N) is 1. The van der Waals surface area contributed by atoms with Crippen molar-refractivity contribution < 1.29 is 14.9 Å². The maximum absolute atomic E-state index is 11.0. The van der Waals surface area contributed by atoms with Gasteiger partial charge in [-0.25, -0.2) is 9.97 Å². The zero-order valence-electron chi connectivity index (χ0n) is 36.6. The molecule has 0 spiro atoms. The Balaban J connectivity index is 0.000000215. The van der Waals surface area contributed by atoms with Crippen LogP contribution < -0.4 is 5.73 Å². The highest BCUT2D eigenvalue weighted by Gasteiger charge is 2.40. The van der Waals surface area contributed by atoms with Crippen LogP contribution in [0.15, 0.2) is 35.0 Å². The number of nitrogens with zero attached hydrogens (tertiary/aromatic N) is 3. The van der Waals surface area contributed by atoms with Crippen molar-refractivity contribution in [3.63, 3.8) is 0 Å². The van der Waals surface area contributed by atoms with Crippen molar-refractivity contribution in [1.82, 2.24) is 14.9 Å². The van der Waals surface area contributed by atoms with Gasteiger partial charge in [-0.2, -0.15) is 11.8 Å². The standard InChI is InChI=1S/C24H36N2O2S.C22H32N2OS2/c1-22(2,3)17-13-16(14-18(20(17)27)23(4,5)6)19-15-29-21(25-19)24(26(7)8)9-11-28-12-10-24;1-20(2,3)15-11-14(12-16(18(15)25)21(4,5)6)17-13-27-19(24-17)22(23)7-9-26-10-8-22/h13-15,27H,9-12H2,1-8H3;11-13,25H,7-10,23H2,1-6H3. The summed E-state index contributed by atoms with van der Waals surface area (Å²) in [5.41, 5.74) is 13.8. The summed E-state index contributed by atoms with van der Waals surface area (Å²) in [6.07, 6.45) is 3.90. The van der Waals surface area contributed by atoms with E-state index in [0.717, 1.165) is 105 Å². The Labute approximate surface area is 349 Å². The van der Waals surface area contributed by atoms with Gasteiger partial charge in [0.1, 0.15) is 21.5 Å². The van der Waals surface area contributed by atoms with Crippen LogP contribution in [0, 0.1) is 0 Å². The number of aromatic hydroxyl groups is 2. The molecule has 4 N–H and O–H groups in total. The van der Waals surface area contributed by atoms with E-state index in [9.17, 15) is 10.2 Å². The number of benzene rings is 2. The first kappa shape index (κ1) is 44.6. The monoisotopic (exact) mass is 820 g/mol. The fourth-order valence-electron chi connectivity index (χ4n) is 7.62. The minimum atomic E-state index is -0.287. The molecular weight excluding hydrogens is 753 g/mol. The second kappa shape index (κ2) is 16.3. The van der Waals surface area contributed by atoms with E-state index in [4.69, 9.17) is 20.4 Å². The Morgan fingerprint density at radius 2 is 0.964 bits per heavy atom. The molecule has 56 heavy (non-hydrogen) atoms. The molecule has 2 aromatic carbocycles. The van der Waals surface area contributed by atoms with E-state index in [1.54, 1.807) is 22.7 Å². The van der Waals surface area contributed by atoms with E-state index < -0.39 is 0 Å². The van der Waals surface area contributed by atoms with Crippen LogP contribution in [0.4, 0.5) is 0 Å². The molecule has 6 rings (SSSR count). The molecule has 0 unspecified atom stereocenters. The summed E-state index contributed by atoms with van der Waals surface area (Å²) in [5.74, 6) is 3.03. The molecule has 0 atom stereocenters. The molecule has 308 valence electrons. The summed E-state index contributed by atoms with van der Waals surface area (Å²) in [4.78, 5) is 12.4. The summed E-state index contributed by atoms with van der Waals surface area (Å²) >= 11 is 5.39. The van der Waals surface area contributed by atoms with Crippen molar-refractivity contribution in [3.05, 3.63) is 67.3 Å². The fourth-order valence-corrected chi connectivity index (χ4v) is 11.0. The largest absolute Gasteiger partial charge is 0.507 e. The predicted octanol–water partition coefficient (Wildman–Crippen LogP) is 11.5. The van der Waals surface area contributed by atoms with Crippen LogP contribution >= 0.6 is 34.4 Å². The van der Waals surface area contributed by atoms with Crippen LogP contribution in [0.2, 0.25) is 0 Å². The maximum Gasteiger partial charge on any atom is 0.123 e. The van der Waals surface area contributed by atoms with Crippen LogP contribution in [-0.4, -0.2) is 63.9 Å². The van der Waals surface area contributed by atoms with Crippen molar-refractivity contribution >= 4 is 34.4 Å². The number of aromatic nitrogens is 2. The zero-order valence-corrected chi connectivity index (χ0v) is 39.0. The lowest BCUT2D eigenvalue weighted by Gasteiger charge is -2.41. The van der Waals surface area contributed by atoms with Gasteiger partial charge >= 0.3 is 0 Å². The van der Waals surface area contributed by atoms with Gasteiger partial charge in [-0.15, -0.1) is 22.7 Å². The Kier molecular flexibility index (Phi) is 13.0. The first-order valence-electron chi connectivity index (χ1n) is 20.1. The molecule has 0 amide bonds. The predicted molar refractivity (Wildman–Crippen MR) is 241 cm³/mol. The summed E-state index contributed by atoms with van der Waals surface area (Å²) in [5, 5.41) is 28.4. The molecule has 10 heteroatoms. The van der Waals surface area contributed by atoms with Crippen molar-refractivity contribution in [2.75, 3.05) is 38.8 Å². The van der Waals surface area contributed by atoms with Crippen LogP contribution in [0.25, 0.3) is 22.5 Å². The first-order chi connectivity index (χ1) is 25.8. The van der Waals surface area contributed by atoms with Gasteiger partial charge in [0.15, 0.2) is 0 Å². The zero-order chi connectivity index (χ0) is 41.6. The molecule has 2 aromatic heterocycles. The number of phenolic OH excluding ortho intramolecular Hbond substituents is 2. The highest BCUT2D eigenvalue weighted by atomic mass is 32.2. The smallest absolute Gasteiger partial charge is 0.123 e. The van der Waals surface area contributed by atoms with E-state index in [2.05, 4.69) is 137 Å². The lowest BCUT2D eigenvalue weighted by Crippen LogP contribution is -2.45. The van der Waals surface area contributed by atoms with Gasteiger partial charge in [-0.05, 0) is 97.2 Å². The SMILES string of the molecule is CC(C)(C)c1cc(-c2csc(C3(N)CCSCC3)n2)cc(C(C)(C)C)c1O.CN(C)C1(c2nc(-c3cc(C(C)(C)C)c(O)c(C(C)(C)C)c3)cs2)CCOCC1. The van der Waals surface area contributed by atoms with E-state index >= 15 is 0 Å². The molecule has 2 aliphatic rings. The average Bonchev–Trinajstić information content (AvgIpc) is 3.80. The molecule has 7 nitrogen and oxygen atoms in total. The lowest BCUT2D eigenvalue weighted by atomic mass is 9.78. The van der Waals surface area contributed by atoms with Gasteiger partial charge in [0.2, 0.25) is 0 Å². The minimum Gasteiger partial charge on any atom is -0.507 e. The van der Waals surface area contributed by atoms with Gasteiger partial charge in [-0.1, -0.05) is 83.1 Å². The van der Waals surface area contributed by atoms with Crippen LogP contribution in [-0.2, 0) is 37.5 Å². The van der Waals surface area contributed by atoms with Crippen molar-refractivity contribution in [1.29, 1.82) is 0 Å². The first-order valence-corrected chi connectivity index (χ1v) is 23.0. The Bertz CT molecular complexity index is 1900. The Morgan fingerprint density at radius 1 is 0.607 bits per heavy atom. The van der Waals surface area contributed by atoms with Gasteiger partial charge in [0.05, 0.1) is 22.5 Å². The number of thioether (sulfide) groups is 1. The van der Waals surface area contributed by atoms with Gasteiger partial charge < -0.3 is 20.7 Å². The molecular formula is C46H68N4O3S3. The van der Waals surface area contributed by atoms with Gasteiger partial charge in [0.25, 0.3) is 0 Å². The number of hydrogen-bond acceptors (Lipinski definition) is 10. The summed E-state index contributed by atoms with van der Waals surface area (Å²) in [6, 6.07) is 8.44. The summed E-state index contributed by atoms with van der Waals surface area (Å²) in [7, 11) is 4.28.